The highest BCUT2D eigenvalue weighted by Gasteiger charge is 2.17. The summed E-state index contributed by atoms with van der Waals surface area (Å²) in [5.41, 5.74) is 3.56. The Hall–Kier alpha value is -2.36. The van der Waals surface area contributed by atoms with E-state index in [-0.39, 0.29) is 0 Å². The van der Waals surface area contributed by atoms with Crippen molar-refractivity contribution in [2.45, 2.75) is 32.0 Å². The number of aromatic amines is 1. The summed E-state index contributed by atoms with van der Waals surface area (Å²) in [6.45, 7) is 1.04. The molecule has 2 aromatic heterocycles. The fourth-order valence-corrected chi connectivity index (χ4v) is 3.43. The molecule has 1 aromatic carbocycles. The lowest BCUT2D eigenvalue weighted by atomic mass is 10.1. The number of carboxylic acids is 1. The number of rotatable bonds is 9. The number of aromatic nitrogens is 4. The zero-order chi connectivity index (χ0) is 18.4. The predicted octanol–water partition coefficient (Wildman–Crippen LogP) is 3.09. The van der Waals surface area contributed by atoms with Crippen LogP contribution in [0.1, 0.15) is 18.5 Å². The third-order valence-electron chi connectivity index (χ3n) is 3.98. The molecule has 0 bridgehead atoms. The van der Waals surface area contributed by atoms with Crippen molar-refractivity contribution >= 4 is 29.5 Å². The van der Waals surface area contributed by atoms with E-state index in [9.17, 15) is 9.90 Å². The molecule has 1 atom stereocenters. The van der Waals surface area contributed by atoms with Gasteiger partial charge in [0.25, 0.3) is 0 Å². The Morgan fingerprint density at radius 1 is 1.38 bits per heavy atom. The number of carbonyl (C=O) groups is 1. The Balaban J connectivity index is 1.60. The maximum Gasteiger partial charge on any atom is 0.320 e. The van der Waals surface area contributed by atoms with E-state index in [2.05, 4.69) is 20.5 Å². The van der Waals surface area contributed by atoms with Gasteiger partial charge in [-0.2, -0.15) is 5.10 Å². The Kier molecular flexibility index (Phi) is 6.26. The molecule has 9 heteroatoms. The number of benzene rings is 1. The topological polar surface area (TPSA) is 95.8 Å². The van der Waals surface area contributed by atoms with Crippen LogP contribution in [0.15, 0.2) is 41.2 Å². The highest BCUT2D eigenvalue weighted by atomic mass is 32.1. The number of nitrogens with one attached hydrogen (secondary N) is 2. The summed E-state index contributed by atoms with van der Waals surface area (Å²) in [5, 5.41) is 21.5. The number of nitrogens with zero attached hydrogens (tertiary/aromatic N) is 3. The molecule has 0 radical (unpaired) electrons. The number of thiazole rings is 1. The molecule has 2 heterocycles. The van der Waals surface area contributed by atoms with Gasteiger partial charge in [-0.1, -0.05) is 30.3 Å². The third-order valence-corrected chi connectivity index (χ3v) is 4.92. The van der Waals surface area contributed by atoms with Crippen LogP contribution in [0.25, 0.3) is 11.4 Å². The van der Waals surface area contributed by atoms with Crippen molar-refractivity contribution in [1.82, 2.24) is 25.1 Å². The van der Waals surface area contributed by atoms with Crippen LogP contribution in [0.3, 0.4) is 0 Å². The van der Waals surface area contributed by atoms with Gasteiger partial charge in [-0.15, -0.1) is 11.3 Å². The molecule has 0 saturated carbocycles. The molecule has 3 N–H and O–H groups in total. The first-order chi connectivity index (χ1) is 12.6. The molecule has 3 aromatic rings. The molecule has 7 nitrogen and oxygen atoms in total. The van der Waals surface area contributed by atoms with E-state index in [1.165, 1.54) is 11.3 Å². The Morgan fingerprint density at radius 2 is 2.19 bits per heavy atom. The monoisotopic (exact) mass is 389 g/mol. The van der Waals surface area contributed by atoms with Gasteiger partial charge in [-0.25, -0.2) is 4.98 Å². The summed E-state index contributed by atoms with van der Waals surface area (Å²) in [5.74, 6) is -0.0998. The van der Waals surface area contributed by atoms with E-state index >= 15 is 0 Å². The van der Waals surface area contributed by atoms with E-state index < -0.39 is 12.0 Å². The maximum atomic E-state index is 11.5. The number of H-pyrrole nitrogens is 1. The molecule has 26 heavy (non-hydrogen) atoms. The van der Waals surface area contributed by atoms with E-state index in [0.717, 1.165) is 17.1 Å². The van der Waals surface area contributed by atoms with Crippen molar-refractivity contribution in [3.05, 3.63) is 51.7 Å². The Bertz CT molecular complexity index is 890. The van der Waals surface area contributed by atoms with Crippen LogP contribution in [0, 0.1) is 4.77 Å². The van der Waals surface area contributed by atoms with Crippen molar-refractivity contribution in [1.29, 1.82) is 0 Å². The van der Waals surface area contributed by atoms with E-state index in [1.807, 2.05) is 40.3 Å². The average molecular weight is 390 g/mol. The summed E-state index contributed by atoms with van der Waals surface area (Å²) in [6.07, 6.45) is 1.15. The zero-order valence-electron chi connectivity index (χ0n) is 14.0. The molecule has 0 aliphatic heterocycles. The van der Waals surface area contributed by atoms with E-state index in [4.69, 9.17) is 12.2 Å². The second-order valence-electron chi connectivity index (χ2n) is 5.76. The minimum absolute atomic E-state index is 0.445. The lowest BCUT2D eigenvalue weighted by Gasteiger charge is -2.14. The van der Waals surface area contributed by atoms with Crippen LogP contribution in [-0.4, -0.2) is 36.9 Å². The molecule has 0 spiro atoms. The SMILES string of the molecule is O=C(O)[C@H](CCCn1c(-c2ccccc2)n[nH]c1=S)NCc1cscn1. The first-order valence-electron chi connectivity index (χ1n) is 8.19. The first-order valence-corrected chi connectivity index (χ1v) is 9.54. The fourth-order valence-electron chi connectivity index (χ4n) is 2.65. The molecule has 0 fully saturated rings. The van der Waals surface area contributed by atoms with E-state index in [0.29, 0.717) is 30.7 Å². The molecule has 0 saturated heterocycles. The summed E-state index contributed by atoms with van der Waals surface area (Å²) in [6, 6.07) is 9.15. The average Bonchev–Trinajstić information content (AvgIpc) is 3.28. The number of carboxylic acid groups (broad SMARTS) is 1. The van der Waals surface area contributed by atoms with Crippen LogP contribution >= 0.6 is 23.6 Å². The highest BCUT2D eigenvalue weighted by molar-refractivity contribution is 7.71. The van der Waals surface area contributed by atoms with Gasteiger partial charge in [0.05, 0.1) is 11.2 Å². The van der Waals surface area contributed by atoms with Crippen molar-refractivity contribution in [3.63, 3.8) is 0 Å². The van der Waals surface area contributed by atoms with Crippen LogP contribution in [-0.2, 0) is 17.9 Å². The summed E-state index contributed by atoms with van der Waals surface area (Å²) in [7, 11) is 0. The lowest BCUT2D eigenvalue weighted by molar-refractivity contribution is -0.139. The molecule has 3 rings (SSSR count). The van der Waals surface area contributed by atoms with Gasteiger partial charge < -0.3 is 9.67 Å². The molecule has 136 valence electrons. The zero-order valence-corrected chi connectivity index (χ0v) is 15.6. The smallest absolute Gasteiger partial charge is 0.320 e. The van der Waals surface area contributed by atoms with Crippen molar-refractivity contribution in [2.24, 2.45) is 0 Å². The summed E-state index contributed by atoms with van der Waals surface area (Å²) >= 11 is 6.81. The maximum absolute atomic E-state index is 11.5. The molecule has 0 amide bonds. The van der Waals surface area contributed by atoms with Gasteiger partial charge in [-0.3, -0.25) is 15.2 Å². The van der Waals surface area contributed by atoms with E-state index in [1.54, 1.807) is 5.51 Å². The number of hydrogen-bond donors (Lipinski definition) is 3. The fraction of sp³-hybridized carbons (Fsp3) is 0.294. The first kappa shape index (κ1) is 18.4. The second-order valence-corrected chi connectivity index (χ2v) is 6.87. The largest absolute Gasteiger partial charge is 0.480 e. The summed E-state index contributed by atoms with van der Waals surface area (Å²) in [4.78, 5) is 15.6. The van der Waals surface area contributed by atoms with Gasteiger partial charge in [0.1, 0.15) is 6.04 Å². The van der Waals surface area contributed by atoms with Crippen molar-refractivity contribution in [3.8, 4) is 11.4 Å². The molecule has 0 aliphatic carbocycles. The van der Waals surface area contributed by atoms with Gasteiger partial charge in [0.15, 0.2) is 10.6 Å². The molecule has 0 aliphatic rings. The molecular weight excluding hydrogens is 370 g/mol. The van der Waals surface area contributed by atoms with Crippen molar-refractivity contribution < 1.29 is 9.90 Å². The van der Waals surface area contributed by atoms with Crippen LogP contribution in [0.4, 0.5) is 0 Å². The van der Waals surface area contributed by atoms with Gasteiger partial charge >= 0.3 is 5.97 Å². The normalized spacial score (nSPS) is 12.2. The van der Waals surface area contributed by atoms with Gasteiger partial charge in [0.2, 0.25) is 0 Å². The third kappa shape index (κ3) is 4.63. The molecule has 0 unspecified atom stereocenters. The van der Waals surface area contributed by atoms with Crippen LogP contribution in [0.5, 0.6) is 0 Å². The minimum atomic E-state index is -0.862. The minimum Gasteiger partial charge on any atom is -0.480 e. The lowest BCUT2D eigenvalue weighted by Crippen LogP contribution is -2.36. The number of aliphatic carboxylic acids is 1. The Morgan fingerprint density at radius 3 is 2.88 bits per heavy atom. The quantitative estimate of drug-likeness (QED) is 0.487. The number of hydrogen-bond acceptors (Lipinski definition) is 6. The second kappa shape index (κ2) is 8.84. The van der Waals surface area contributed by atoms with Gasteiger partial charge in [-0.05, 0) is 25.1 Å². The Labute approximate surface area is 159 Å². The van der Waals surface area contributed by atoms with Crippen LogP contribution in [0.2, 0.25) is 0 Å². The standard InChI is InChI=1S/C17H19N5O2S2/c23-16(24)14(18-9-13-10-26-11-19-13)7-4-8-22-15(20-21-17(22)25)12-5-2-1-3-6-12/h1-3,5-6,10-11,14,18H,4,7-9H2,(H,21,25)(H,23,24)/t14-/m0/s1. The summed E-state index contributed by atoms with van der Waals surface area (Å²) < 4.78 is 2.44. The highest BCUT2D eigenvalue weighted by Crippen LogP contribution is 2.17. The van der Waals surface area contributed by atoms with Gasteiger partial charge in [0, 0.05) is 24.0 Å². The van der Waals surface area contributed by atoms with Crippen molar-refractivity contribution in [2.75, 3.05) is 0 Å². The molecular formula is C17H19N5O2S2. The van der Waals surface area contributed by atoms with Crippen LogP contribution < -0.4 is 5.32 Å². The predicted molar refractivity (Wildman–Crippen MR) is 102 cm³/mol.